The van der Waals surface area contributed by atoms with Crippen LogP contribution in [0.3, 0.4) is 0 Å². The van der Waals surface area contributed by atoms with Gasteiger partial charge in [0.1, 0.15) is 0 Å². The molecular weight excluding hydrogens is 239 g/mol. The van der Waals surface area contributed by atoms with E-state index in [1.165, 1.54) is 6.42 Å². The molecule has 0 bridgehead atoms. The Morgan fingerprint density at radius 3 is 2.67 bits per heavy atom. The topological polar surface area (TPSA) is 60.4 Å². The van der Waals surface area contributed by atoms with Crippen LogP contribution in [0.4, 0.5) is 0 Å². The van der Waals surface area contributed by atoms with Crippen LogP contribution in [0.25, 0.3) is 0 Å². The van der Waals surface area contributed by atoms with E-state index in [1.54, 1.807) is 6.07 Å². The fraction of sp³-hybridized carbons (Fsp3) is 0.500. The van der Waals surface area contributed by atoms with Gasteiger partial charge in [-0.05, 0) is 24.0 Å². The van der Waals surface area contributed by atoms with E-state index in [2.05, 4.69) is 6.92 Å². The summed E-state index contributed by atoms with van der Waals surface area (Å²) in [7, 11) is 0. The van der Waals surface area contributed by atoms with Crippen molar-refractivity contribution in [3.05, 3.63) is 35.4 Å². The molecule has 1 aromatic carbocycles. The van der Waals surface area contributed by atoms with E-state index in [0.717, 1.165) is 24.8 Å². The Morgan fingerprint density at radius 2 is 2.11 bits per heavy atom. The first-order chi connectivity index (χ1) is 8.19. The van der Waals surface area contributed by atoms with Crippen LogP contribution in [0.5, 0.6) is 0 Å². The number of unbranched alkanes of at least 4 members (excludes halogenated alkanes) is 2. The molecule has 1 rings (SSSR count). The third-order valence-corrected chi connectivity index (χ3v) is 2.89. The molecule has 0 aromatic heterocycles. The quantitative estimate of drug-likeness (QED) is 0.466. The van der Waals surface area contributed by atoms with E-state index in [4.69, 9.17) is 5.11 Å². The number of carboxylic acid groups (broad SMARTS) is 1. The second-order valence-corrected chi connectivity index (χ2v) is 4.26. The van der Waals surface area contributed by atoms with E-state index in [1.807, 2.05) is 18.2 Å². The summed E-state index contributed by atoms with van der Waals surface area (Å²) in [5, 5.41) is 19.9. The van der Waals surface area contributed by atoms with Gasteiger partial charge in [0.05, 0.1) is 12.6 Å². The molecule has 0 fully saturated rings. The maximum atomic E-state index is 10.8. The smallest absolute Gasteiger partial charge is 0.549 e. The zero-order valence-electron chi connectivity index (χ0n) is 11.2. The van der Waals surface area contributed by atoms with Crippen molar-refractivity contribution in [2.24, 2.45) is 0 Å². The number of carbonyl (C=O) groups is 1. The van der Waals surface area contributed by atoms with Gasteiger partial charge in [0.25, 0.3) is 0 Å². The minimum Gasteiger partial charge on any atom is -0.549 e. The minimum absolute atomic E-state index is 0. The molecule has 94 valence electrons. The number of aliphatic hydroxyl groups excluding tert-OH is 1. The Labute approximate surface area is 131 Å². The maximum absolute atomic E-state index is 10.8. The number of aliphatic hydroxyl groups is 1. The molecule has 3 nitrogen and oxygen atoms in total. The Morgan fingerprint density at radius 1 is 1.39 bits per heavy atom. The zero-order valence-corrected chi connectivity index (χ0v) is 13.2. The van der Waals surface area contributed by atoms with Crippen molar-refractivity contribution >= 4 is 5.97 Å². The molecule has 0 aliphatic heterocycles. The van der Waals surface area contributed by atoms with Gasteiger partial charge < -0.3 is 15.0 Å². The molecule has 0 spiro atoms. The summed E-state index contributed by atoms with van der Waals surface area (Å²) in [5.41, 5.74) is 1.75. The van der Waals surface area contributed by atoms with Crippen LogP contribution in [0, 0.1) is 0 Å². The molecule has 0 amide bonds. The van der Waals surface area contributed by atoms with Crippen molar-refractivity contribution in [2.75, 3.05) is 6.61 Å². The van der Waals surface area contributed by atoms with E-state index in [-0.39, 0.29) is 29.6 Å². The second-order valence-electron chi connectivity index (χ2n) is 4.26. The molecule has 4 heteroatoms. The van der Waals surface area contributed by atoms with Crippen LogP contribution in [-0.2, 0) is 11.2 Å². The number of hydrogen-bond donors (Lipinski definition) is 1. The second kappa shape index (κ2) is 9.56. The van der Waals surface area contributed by atoms with Gasteiger partial charge in [-0.2, -0.15) is 0 Å². The van der Waals surface area contributed by atoms with Gasteiger partial charge in [-0.3, -0.25) is 0 Å². The van der Waals surface area contributed by atoms with Crippen molar-refractivity contribution in [2.45, 2.75) is 38.5 Å². The number of rotatable bonds is 7. The van der Waals surface area contributed by atoms with Crippen molar-refractivity contribution in [1.29, 1.82) is 0 Å². The largest absolute Gasteiger partial charge is 1.00 e. The molecule has 0 aliphatic carbocycles. The van der Waals surface area contributed by atoms with Gasteiger partial charge in [-0.15, -0.1) is 0 Å². The summed E-state index contributed by atoms with van der Waals surface area (Å²) >= 11 is 0. The van der Waals surface area contributed by atoms with Gasteiger partial charge in [-0.1, -0.05) is 44.0 Å². The van der Waals surface area contributed by atoms with Crippen LogP contribution in [0.2, 0.25) is 0 Å². The van der Waals surface area contributed by atoms with Crippen LogP contribution in [-0.4, -0.2) is 17.7 Å². The average Bonchev–Trinajstić information content (AvgIpc) is 2.30. The molecule has 0 saturated heterocycles. The van der Waals surface area contributed by atoms with E-state index in [0.29, 0.717) is 5.56 Å². The fourth-order valence-corrected chi connectivity index (χ4v) is 1.86. The van der Waals surface area contributed by atoms with E-state index < -0.39 is 18.5 Å². The van der Waals surface area contributed by atoms with Gasteiger partial charge in [0.2, 0.25) is 0 Å². The molecule has 0 aliphatic rings. The first-order valence-electron chi connectivity index (χ1n) is 6.09. The zero-order chi connectivity index (χ0) is 12.7. The van der Waals surface area contributed by atoms with Crippen molar-refractivity contribution in [3.63, 3.8) is 0 Å². The maximum Gasteiger partial charge on any atom is 1.00 e. The summed E-state index contributed by atoms with van der Waals surface area (Å²) in [6, 6.07) is 7.40. The molecule has 1 N–H and O–H groups in total. The Balaban J connectivity index is 0.00000289. The Kier molecular flexibility index (Phi) is 9.38. The van der Waals surface area contributed by atoms with Crippen molar-refractivity contribution < 1.29 is 44.6 Å². The van der Waals surface area contributed by atoms with E-state index >= 15 is 0 Å². The summed E-state index contributed by atoms with van der Waals surface area (Å²) in [6.07, 6.45) is 4.40. The van der Waals surface area contributed by atoms with Crippen LogP contribution < -0.4 is 34.7 Å². The van der Waals surface area contributed by atoms with Gasteiger partial charge in [0.15, 0.2) is 0 Å². The van der Waals surface area contributed by atoms with E-state index in [9.17, 15) is 9.90 Å². The number of aliphatic carboxylic acids is 1. The average molecular weight is 258 g/mol. The molecule has 0 heterocycles. The summed E-state index contributed by atoms with van der Waals surface area (Å²) in [4.78, 5) is 10.8. The summed E-state index contributed by atoms with van der Waals surface area (Å²) < 4.78 is 0. The molecule has 1 aromatic rings. The predicted molar refractivity (Wildman–Crippen MR) is 64.5 cm³/mol. The third-order valence-electron chi connectivity index (χ3n) is 2.89. The monoisotopic (exact) mass is 258 g/mol. The summed E-state index contributed by atoms with van der Waals surface area (Å²) in [6.45, 7) is 1.73. The third kappa shape index (κ3) is 5.53. The van der Waals surface area contributed by atoms with Crippen LogP contribution in [0.1, 0.15) is 43.2 Å². The predicted octanol–water partition coefficient (Wildman–Crippen LogP) is -1.75. The Hall–Kier alpha value is -0.350. The molecular formula is C14H19NaO3. The molecule has 0 radical (unpaired) electrons. The Bertz CT molecular complexity index is 366. The van der Waals surface area contributed by atoms with Crippen molar-refractivity contribution in [3.8, 4) is 0 Å². The van der Waals surface area contributed by atoms with Gasteiger partial charge in [0, 0.05) is 5.92 Å². The number of hydrogen-bond acceptors (Lipinski definition) is 3. The first-order valence-corrected chi connectivity index (χ1v) is 6.09. The molecule has 1 atom stereocenters. The number of benzene rings is 1. The number of carboxylic acids is 1. The normalized spacial score (nSPS) is 11.7. The van der Waals surface area contributed by atoms with Crippen molar-refractivity contribution in [1.82, 2.24) is 0 Å². The summed E-state index contributed by atoms with van der Waals surface area (Å²) in [5.74, 6) is -2.14. The van der Waals surface area contributed by atoms with Crippen LogP contribution in [0.15, 0.2) is 24.3 Å². The first kappa shape index (κ1) is 17.6. The fourth-order valence-electron chi connectivity index (χ4n) is 1.86. The standard InChI is InChI=1S/C14H20O3.Na/c1-2-3-4-6-11-7-5-8-12(9-11)13(10-15)14(16)17;/h5,7-9,13,15H,2-4,6,10H2,1H3,(H,16,17);/q;+1/p-1. The van der Waals surface area contributed by atoms with Crippen LogP contribution >= 0.6 is 0 Å². The SMILES string of the molecule is CCCCCc1cccc(C(CO)C(=O)[O-])c1.[Na+]. The molecule has 18 heavy (non-hydrogen) atoms. The number of aryl methyl sites for hydroxylation is 1. The molecule has 1 unspecified atom stereocenters. The molecule has 0 saturated carbocycles. The number of carbonyl (C=O) groups excluding carboxylic acids is 1. The minimum atomic E-state index is -1.22. The van der Waals surface area contributed by atoms with Gasteiger partial charge in [-0.25, -0.2) is 0 Å². The van der Waals surface area contributed by atoms with Gasteiger partial charge >= 0.3 is 29.6 Å².